The van der Waals surface area contributed by atoms with E-state index in [0.717, 1.165) is 5.69 Å². The van der Waals surface area contributed by atoms with Gasteiger partial charge in [0, 0.05) is 31.9 Å². The van der Waals surface area contributed by atoms with E-state index in [0.29, 0.717) is 36.9 Å². The molecule has 1 saturated heterocycles. The predicted octanol–water partition coefficient (Wildman–Crippen LogP) is 3.49. The van der Waals surface area contributed by atoms with Crippen LogP contribution < -0.4 is 10.2 Å². The lowest BCUT2D eigenvalue weighted by atomic mass is 10.2. The summed E-state index contributed by atoms with van der Waals surface area (Å²) in [7, 11) is 0. The average Bonchev–Trinajstić information content (AvgIpc) is 2.47. The molecule has 0 aromatic heterocycles. The molecule has 2 amide bonds. The van der Waals surface area contributed by atoms with Crippen LogP contribution in [0.2, 0.25) is 5.02 Å². The second-order valence-corrected chi connectivity index (χ2v) is 6.96. The van der Waals surface area contributed by atoms with E-state index in [1.165, 1.54) is 4.90 Å². The van der Waals surface area contributed by atoms with E-state index in [-0.39, 0.29) is 0 Å². The summed E-state index contributed by atoms with van der Waals surface area (Å²) in [6.07, 6.45) is -1.45. The van der Waals surface area contributed by atoms with Gasteiger partial charge in [-0.25, -0.2) is 9.59 Å². The average molecular weight is 356 g/mol. The quantitative estimate of drug-likeness (QED) is 0.848. The summed E-state index contributed by atoms with van der Waals surface area (Å²) in [4.78, 5) is 26.2. The Morgan fingerprint density at radius 1 is 1.21 bits per heavy atom. The first-order chi connectivity index (χ1) is 11.2. The summed E-state index contributed by atoms with van der Waals surface area (Å²) in [6.45, 7) is 7.29. The highest BCUT2D eigenvalue weighted by Crippen LogP contribution is 2.30. The van der Waals surface area contributed by atoms with Crippen molar-refractivity contribution in [2.75, 3.05) is 36.4 Å². The summed E-state index contributed by atoms with van der Waals surface area (Å²) in [5, 5.41) is 12.2. The standard InChI is InChI=1S/C16H22ClN3O4/c1-16(2,3)24-14(21)18-11-4-5-12(17)13(10-11)19-6-8-20(9-7-19)15(22)23/h4-5,10H,6-9H2,1-3H3,(H,18,21)(H,22,23). The minimum absolute atomic E-state index is 0.412. The van der Waals surface area contributed by atoms with E-state index < -0.39 is 17.8 Å². The van der Waals surface area contributed by atoms with Crippen LogP contribution in [0.4, 0.5) is 21.0 Å². The Labute approximate surface area is 146 Å². The van der Waals surface area contributed by atoms with Crippen LogP contribution >= 0.6 is 11.6 Å². The van der Waals surface area contributed by atoms with Gasteiger partial charge in [0.1, 0.15) is 5.60 Å². The highest BCUT2D eigenvalue weighted by molar-refractivity contribution is 6.33. The van der Waals surface area contributed by atoms with E-state index in [1.807, 2.05) is 4.90 Å². The molecule has 1 aliphatic heterocycles. The van der Waals surface area contributed by atoms with Crippen LogP contribution in [0.25, 0.3) is 0 Å². The molecule has 7 nitrogen and oxygen atoms in total. The zero-order valence-electron chi connectivity index (χ0n) is 14.0. The number of nitrogens with zero attached hydrogens (tertiary/aromatic N) is 2. The number of carbonyl (C=O) groups excluding carboxylic acids is 1. The molecule has 0 radical (unpaired) electrons. The predicted molar refractivity (Wildman–Crippen MR) is 93.1 cm³/mol. The van der Waals surface area contributed by atoms with Gasteiger partial charge in [-0.05, 0) is 39.0 Å². The molecule has 0 atom stereocenters. The smallest absolute Gasteiger partial charge is 0.412 e. The summed E-state index contributed by atoms with van der Waals surface area (Å²) in [5.74, 6) is 0. The number of hydrogen-bond donors (Lipinski definition) is 2. The Hall–Kier alpha value is -2.15. The van der Waals surface area contributed by atoms with Gasteiger partial charge in [-0.2, -0.15) is 0 Å². The number of ether oxygens (including phenoxy) is 1. The van der Waals surface area contributed by atoms with Crippen LogP contribution in [-0.2, 0) is 4.74 Å². The number of anilines is 2. The molecule has 8 heteroatoms. The first kappa shape index (κ1) is 18.2. The number of rotatable bonds is 2. The fraction of sp³-hybridized carbons (Fsp3) is 0.500. The number of hydrogen-bond acceptors (Lipinski definition) is 4. The fourth-order valence-electron chi connectivity index (χ4n) is 2.39. The van der Waals surface area contributed by atoms with Gasteiger partial charge in [0.2, 0.25) is 0 Å². The second kappa shape index (κ2) is 7.17. The molecule has 24 heavy (non-hydrogen) atoms. The largest absolute Gasteiger partial charge is 0.465 e. The van der Waals surface area contributed by atoms with Crippen LogP contribution in [0.5, 0.6) is 0 Å². The number of piperazine rings is 1. The minimum Gasteiger partial charge on any atom is -0.465 e. The Bertz CT molecular complexity index is 622. The van der Waals surface area contributed by atoms with Gasteiger partial charge >= 0.3 is 12.2 Å². The number of amides is 2. The van der Waals surface area contributed by atoms with Crippen molar-refractivity contribution in [3.63, 3.8) is 0 Å². The molecule has 1 aromatic carbocycles. The molecule has 1 heterocycles. The van der Waals surface area contributed by atoms with Crippen LogP contribution in [0, 0.1) is 0 Å². The number of benzene rings is 1. The Kier molecular flexibility index (Phi) is 5.43. The van der Waals surface area contributed by atoms with Crippen molar-refractivity contribution >= 4 is 35.2 Å². The third kappa shape index (κ3) is 4.92. The maximum Gasteiger partial charge on any atom is 0.412 e. The van der Waals surface area contributed by atoms with Gasteiger partial charge in [-0.1, -0.05) is 11.6 Å². The van der Waals surface area contributed by atoms with Gasteiger partial charge < -0.3 is 19.6 Å². The van der Waals surface area contributed by atoms with E-state index in [2.05, 4.69) is 5.32 Å². The third-order valence-electron chi connectivity index (χ3n) is 3.48. The van der Waals surface area contributed by atoms with Crippen LogP contribution in [0.1, 0.15) is 20.8 Å². The lowest BCUT2D eigenvalue weighted by Crippen LogP contribution is -2.48. The Morgan fingerprint density at radius 2 is 1.83 bits per heavy atom. The fourth-order valence-corrected chi connectivity index (χ4v) is 2.63. The van der Waals surface area contributed by atoms with Crippen molar-refractivity contribution in [3.05, 3.63) is 23.2 Å². The Balaban J connectivity index is 2.06. The van der Waals surface area contributed by atoms with Crippen LogP contribution in [-0.4, -0.2) is 54.0 Å². The number of halogens is 1. The van der Waals surface area contributed by atoms with Gasteiger partial charge in [0.05, 0.1) is 10.7 Å². The first-order valence-corrected chi connectivity index (χ1v) is 8.06. The minimum atomic E-state index is -0.916. The molecule has 0 unspecified atom stereocenters. The maximum atomic E-state index is 11.9. The summed E-state index contributed by atoms with van der Waals surface area (Å²) >= 11 is 6.26. The molecular formula is C16H22ClN3O4. The molecule has 0 aliphatic carbocycles. The monoisotopic (exact) mass is 355 g/mol. The van der Waals surface area contributed by atoms with Gasteiger partial charge in [0.15, 0.2) is 0 Å². The van der Waals surface area contributed by atoms with E-state index in [1.54, 1.807) is 39.0 Å². The third-order valence-corrected chi connectivity index (χ3v) is 3.80. The Morgan fingerprint density at radius 3 is 2.38 bits per heavy atom. The molecule has 132 valence electrons. The molecular weight excluding hydrogens is 334 g/mol. The van der Waals surface area contributed by atoms with Crippen molar-refractivity contribution in [1.82, 2.24) is 4.90 Å². The molecule has 0 saturated carbocycles. The first-order valence-electron chi connectivity index (χ1n) is 7.68. The number of carbonyl (C=O) groups is 2. The molecule has 2 rings (SSSR count). The van der Waals surface area contributed by atoms with E-state index >= 15 is 0 Å². The lowest BCUT2D eigenvalue weighted by Gasteiger charge is -2.35. The topological polar surface area (TPSA) is 82.1 Å². The van der Waals surface area contributed by atoms with Crippen LogP contribution in [0.15, 0.2) is 18.2 Å². The molecule has 1 fully saturated rings. The van der Waals surface area contributed by atoms with Crippen LogP contribution in [0.3, 0.4) is 0 Å². The van der Waals surface area contributed by atoms with Crippen molar-refractivity contribution in [1.29, 1.82) is 0 Å². The van der Waals surface area contributed by atoms with Gasteiger partial charge in [-0.15, -0.1) is 0 Å². The zero-order chi connectivity index (χ0) is 17.9. The van der Waals surface area contributed by atoms with Crippen molar-refractivity contribution in [2.45, 2.75) is 26.4 Å². The lowest BCUT2D eigenvalue weighted by molar-refractivity contribution is 0.0636. The van der Waals surface area contributed by atoms with Crippen molar-refractivity contribution in [2.24, 2.45) is 0 Å². The summed E-state index contributed by atoms with van der Waals surface area (Å²) in [6, 6.07) is 5.17. The molecule has 0 spiro atoms. The van der Waals surface area contributed by atoms with Crippen molar-refractivity contribution in [3.8, 4) is 0 Å². The molecule has 1 aromatic rings. The number of nitrogens with one attached hydrogen (secondary N) is 1. The number of carboxylic acid groups (broad SMARTS) is 1. The zero-order valence-corrected chi connectivity index (χ0v) is 14.8. The molecule has 2 N–H and O–H groups in total. The normalized spacial score (nSPS) is 15.2. The molecule has 0 bridgehead atoms. The maximum absolute atomic E-state index is 11.9. The highest BCUT2D eigenvalue weighted by atomic mass is 35.5. The summed E-state index contributed by atoms with van der Waals surface area (Å²) < 4.78 is 5.23. The highest BCUT2D eigenvalue weighted by Gasteiger charge is 2.22. The van der Waals surface area contributed by atoms with Gasteiger partial charge in [0.25, 0.3) is 0 Å². The van der Waals surface area contributed by atoms with E-state index in [4.69, 9.17) is 21.4 Å². The van der Waals surface area contributed by atoms with Crippen molar-refractivity contribution < 1.29 is 19.4 Å². The summed E-state index contributed by atoms with van der Waals surface area (Å²) in [5.41, 5.74) is 0.756. The second-order valence-electron chi connectivity index (χ2n) is 6.55. The van der Waals surface area contributed by atoms with Gasteiger partial charge in [-0.3, -0.25) is 5.32 Å². The molecule has 1 aliphatic rings. The van der Waals surface area contributed by atoms with E-state index in [9.17, 15) is 9.59 Å². The SMILES string of the molecule is CC(C)(C)OC(=O)Nc1ccc(Cl)c(N2CCN(C(=O)O)CC2)c1.